The van der Waals surface area contributed by atoms with E-state index in [2.05, 4.69) is 0 Å². The van der Waals surface area contributed by atoms with Crippen molar-refractivity contribution in [3.8, 4) is 0 Å². The number of carboxylic acids is 1. The Hall–Kier alpha value is -1.10. The quantitative estimate of drug-likeness (QED) is 0.706. The minimum Gasteiger partial charge on any atom is -0.481 e. The Kier molecular flexibility index (Phi) is 5.44. The molecule has 0 aliphatic rings. The fourth-order valence-electron chi connectivity index (χ4n) is 1.09. The van der Waals surface area contributed by atoms with Crippen LogP contribution in [0.25, 0.3) is 0 Å². The summed E-state index contributed by atoms with van der Waals surface area (Å²) in [6, 6.07) is 0. The molecule has 16 heavy (non-hydrogen) atoms. The summed E-state index contributed by atoms with van der Waals surface area (Å²) in [5.41, 5.74) is -1.05. The summed E-state index contributed by atoms with van der Waals surface area (Å²) in [5, 5.41) is 18.0. The highest BCUT2D eigenvalue weighted by molar-refractivity contribution is 5.84. The molecule has 0 fully saturated rings. The maximum atomic E-state index is 11.7. The highest BCUT2D eigenvalue weighted by Gasteiger charge is 2.31. The number of carboxylic acid groups (broad SMARTS) is 1. The Labute approximate surface area is 96.1 Å². The van der Waals surface area contributed by atoms with E-state index >= 15 is 0 Å². The molecule has 0 aromatic carbocycles. The summed E-state index contributed by atoms with van der Waals surface area (Å²) in [6.07, 6.45) is 0.0108. The second kappa shape index (κ2) is 5.84. The smallest absolute Gasteiger partial charge is 0.309 e. The van der Waals surface area contributed by atoms with Crippen molar-refractivity contribution in [3.63, 3.8) is 0 Å². The van der Waals surface area contributed by atoms with Crippen LogP contribution in [0.15, 0.2) is 0 Å². The molecule has 0 saturated heterocycles. The average molecular weight is 231 g/mol. The molecule has 5 heteroatoms. The number of carbonyl (C=O) groups is 2. The zero-order chi connectivity index (χ0) is 12.9. The predicted octanol–water partition coefficient (Wildman–Crippen LogP) is 0.717. The molecule has 0 rings (SSSR count). The number of hydrogen-bond donors (Lipinski definition) is 2. The maximum absolute atomic E-state index is 11.7. The van der Waals surface area contributed by atoms with Crippen LogP contribution in [0.1, 0.15) is 33.6 Å². The molecule has 0 aromatic heterocycles. The molecule has 0 aliphatic heterocycles. The van der Waals surface area contributed by atoms with Crippen molar-refractivity contribution in [1.29, 1.82) is 0 Å². The molecule has 1 amide bonds. The summed E-state index contributed by atoms with van der Waals surface area (Å²) in [7, 11) is 1.61. The number of rotatable bonds is 6. The zero-order valence-electron chi connectivity index (χ0n) is 10.4. The molecule has 0 aromatic rings. The van der Waals surface area contributed by atoms with Gasteiger partial charge in [0.05, 0.1) is 11.5 Å². The minimum absolute atomic E-state index is 0.0291. The third-order valence-corrected chi connectivity index (χ3v) is 2.48. The van der Waals surface area contributed by atoms with Crippen LogP contribution < -0.4 is 0 Å². The molecule has 2 N–H and O–H groups in total. The first kappa shape index (κ1) is 14.9. The van der Waals surface area contributed by atoms with Gasteiger partial charge in [-0.1, -0.05) is 0 Å². The van der Waals surface area contributed by atoms with Crippen LogP contribution in [-0.4, -0.2) is 46.7 Å². The van der Waals surface area contributed by atoms with Gasteiger partial charge in [0, 0.05) is 20.0 Å². The van der Waals surface area contributed by atoms with E-state index in [1.165, 1.54) is 18.7 Å². The number of aliphatic hydroxyl groups is 1. The van der Waals surface area contributed by atoms with Crippen molar-refractivity contribution >= 4 is 11.9 Å². The van der Waals surface area contributed by atoms with Crippen molar-refractivity contribution < 1.29 is 19.8 Å². The molecule has 0 saturated carbocycles. The van der Waals surface area contributed by atoms with Gasteiger partial charge in [-0.3, -0.25) is 9.59 Å². The van der Waals surface area contributed by atoms with Crippen LogP contribution in [0.3, 0.4) is 0 Å². The molecule has 0 spiro atoms. The lowest BCUT2D eigenvalue weighted by molar-refractivity contribution is -0.151. The van der Waals surface area contributed by atoms with Crippen LogP contribution in [0.4, 0.5) is 0 Å². The summed E-state index contributed by atoms with van der Waals surface area (Å²) >= 11 is 0. The van der Waals surface area contributed by atoms with Crippen LogP contribution in [0.2, 0.25) is 0 Å². The molecule has 0 aliphatic carbocycles. The van der Waals surface area contributed by atoms with Gasteiger partial charge in [-0.2, -0.15) is 0 Å². The summed E-state index contributed by atoms with van der Waals surface area (Å²) in [4.78, 5) is 23.9. The van der Waals surface area contributed by atoms with Gasteiger partial charge < -0.3 is 15.1 Å². The van der Waals surface area contributed by atoms with E-state index in [1.54, 1.807) is 14.0 Å². The molecule has 0 radical (unpaired) electrons. The molecule has 94 valence electrons. The Morgan fingerprint density at radius 3 is 2.25 bits per heavy atom. The van der Waals surface area contributed by atoms with Crippen LogP contribution >= 0.6 is 0 Å². The van der Waals surface area contributed by atoms with Crippen molar-refractivity contribution in [2.75, 3.05) is 13.6 Å². The number of nitrogens with zero attached hydrogens (tertiary/aromatic N) is 1. The van der Waals surface area contributed by atoms with Gasteiger partial charge in [-0.25, -0.2) is 0 Å². The second-order valence-electron chi connectivity index (χ2n) is 4.82. The minimum atomic E-state index is -1.05. The third kappa shape index (κ3) is 5.11. The number of carbonyl (C=O) groups excluding carboxylic acids is 1. The first-order valence-electron chi connectivity index (χ1n) is 5.32. The molecule has 0 heterocycles. The number of amides is 1. The molecule has 1 unspecified atom stereocenters. The van der Waals surface area contributed by atoms with E-state index in [1.807, 2.05) is 0 Å². The van der Waals surface area contributed by atoms with E-state index in [-0.39, 0.29) is 12.3 Å². The first-order valence-corrected chi connectivity index (χ1v) is 5.32. The van der Waals surface area contributed by atoms with Crippen molar-refractivity contribution in [3.05, 3.63) is 0 Å². The van der Waals surface area contributed by atoms with Gasteiger partial charge in [0.25, 0.3) is 0 Å². The Bertz CT molecular complexity index is 261. The largest absolute Gasteiger partial charge is 0.481 e. The highest BCUT2D eigenvalue weighted by atomic mass is 16.4. The van der Waals surface area contributed by atoms with E-state index in [9.17, 15) is 9.59 Å². The maximum Gasteiger partial charge on any atom is 0.309 e. The lowest BCUT2D eigenvalue weighted by atomic mass is 9.89. The summed E-state index contributed by atoms with van der Waals surface area (Å²) in [6.45, 7) is 5.14. The number of aliphatic hydroxyl groups excluding tert-OH is 1. The van der Waals surface area contributed by atoms with E-state index in [4.69, 9.17) is 10.2 Å². The van der Waals surface area contributed by atoms with Gasteiger partial charge in [0.1, 0.15) is 0 Å². The number of hydrogen-bond acceptors (Lipinski definition) is 3. The predicted molar refractivity (Wildman–Crippen MR) is 60.0 cm³/mol. The van der Waals surface area contributed by atoms with E-state index in [0.29, 0.717) is 13.0 Å². The average Bonchev–Trinajstić information content (AvgIpc) is 2.12. The Morgan fingerprint density at radius 2 is 1.88 bits per heavy atom. The van der Waals surface area contributed by atoms with Crippen molar-refractivity contribution in [2.45, 2.75) is 39.7 Å². The summed E-state index contributed by atoms with van der Waals surface area (Å²) < 4.78 is 0. The number of aliphatic carboxylic acids is 1. The van der Waals surface area contributed by atoms with Crippen molar-refractivity contribution in [1.82, 2.24) is 4.90 Å². The van der Waals surface area contributed by atoms with Gasteiger partial charge in [0.15, 0.2) is 0 Å². The lowest BCUT2D eigenvalue weighted by Gasteiger charge is -2.23. The van der Waals surface area contributed by atoms with Crippen molar-refractivity contribution in [2.24, 2.45) is 5.41 Å². The van der Waals surface area contributed by atoms with E-state index in [0.717, 1.165) is 0 Å². The monoisotopic (exact) mass is 231 g/mol. The highest BCUT2D eigenvalue weighted by Crippen LogP contribution is 2.21. The molecule has 0 bridgehead atoms. The van der Waals surface area contributed by atoms with Gasteiger partial charge >= 0.3 is 5.97 Å². The normalized spacial score (nSPS) is 13.3. The molecular weight excluding hydrogens is 210 g/mol. The Morgan fingerprint density at radius 1 is 1.38 bits per heavy atom. The molecule has 5 nitrogen and oxygen atoms in total. The SMILES string of the molecule is CC(O)CCN(C)C(=O)CC(C)(C)C(=O)O. The van der Waals surface area contributed by atoms with E-state index < -0.39 is 17.5 Å². The van der Waals surface area contributed by atoms with Gasteiger partial charge in [0.2, 0.25) is 5.91 Å². The third-order valence-electron chi connectivity index (χ3n) is 2.48. The molecular formula is C11H21NO4. The summed E-state index contributed by atoms with van der Waals surface area (Å²) in [5.74, 6) is -1.20. The second-order valence-corrected chi connectivity index (χ2v) is 4.82. The van der Waals surface area contributed by atoms with Gasteiger partial charge in [-0.05, 0) is 27.2 Å². The van der Waals surface area contributed by atoms with Crippen LogP contribution in [-0.2, 0) is 9.59 Å². The fraction of sp³-hybridized carbons (Fsp3) is 0.818. The topological polar surface area (TPSA) is 77.8 Å². The molecule has 1 atom stereocenters. The van der Waals surface area contributed by atoms with Crippen LogP contribution in [0.5, 0.6) is 0 Å². The van der Waals surface area contributed by atoms with Crippen LogP contribution in [0, 0.1) is 5.41 Å². The van der Waals surface area contributed by atoms with Gasteiger partial charge in [-0.15, -0.1) is 0 Å². The lowest BCUT2D eigenvalue weighted by Crippen LogP contribution is -2.35. The Balaban J connectivity index is 4.20. The fourth-order valence-corrected chi connectivity index (χ4v) is 1.09. The first-order chi connectivity index (χ1) is 7.16. The standard InChI is InChI=1S/C11H21NO4/c1-8(13)5-6-12(4)9(14)7-11(2,3)10(15)16/h8,13H,5-7H2,1-4H3,(H,15,16). The zero-order valence-corrected chi connectivity index (χ0v) is 10.4.